The second kappa shape index (κ2) is 3.64. The van der Waals surface area contributed by atoms with Crippen molar-refractivity contribution in [2.45, 2.75) is 39.5 Å². The summed E-state index contributed by atoms with van der Waals surface area (Å²) in [6.45, 7) is 9.02. The number of rotatable bonds is 1. The van der Waals surface area contributed by atoms with Crippen molar-refractivity contribution in [3.8, 4) is 0 Å². The summed E-state index contributed by atoms with van der Waals surface area (Å²) >= 11 is 1.93. The molecule has 1 heterocycles. The van der Waals surface area contributed by atoms with Crippen LogP contribution in [-0.2, 0) is 11.8 Å². The highest BCUT2D eigenvalue weighted by molar-refractivity contribution is 7.19. The molecule has 0 N–H and O–H groups in total. The first kappa shape index (κ1) is 10.7. The van der Waals surface area contributed by atoms with Crippen LogP contribution in [0.15, 0.2) is 24.3 Å². The van der Waals surface area contributed by atoms with Crippen LogP contribution >= 0.6 is 11.3 Å². The van der Waals surface area contributed by atoms with Crippen LogP contribution in [0.5, 0.6) is 0 Å². The smallest absolute Gasteiger partial charge is 0.0348 e. The maximum absolute atomic E-state index is 2.35. The SMILES string of the molecule is CCc1cc2ccc(C(C)(C)C)cc2s1. The molecule has 0 aliphatic carbocycles. The van der Waals surface area contributed by atoms with Crippen molar-refractivity contribution in [3.63, 3.8) is 0 Å². The molecule has 0 saturated carbocycles. The Hall–Kier alpha value is -0.820. The zero-order chi connectivity index (χ0) is 11.1. The van der Waals surface area contributed by atoms with E-state index in [-0.39, 0.29) is 5.41 Å². The Morgan fingerprint density at radius 3 is 2.47 bits per heavy atom. The number of fused-ring (bicyclic) bond motifs is 1. The Labute approximate surface area is 95.9 Å². The van der Waals surface area contributed by atoms with Crippen LogP contribution in [0.25, 0.3) is 10.1 Å². The highest BCUT2D eigenvalue weighted by Crippen LogP contribution is 2.31. The highest BCUT2D eigenvalue weighted by atomic mass is 32.1. The number of benzene rings is 1. The van der Waals surface area contributed by atoms with Crippen molar-refractivity contribution in [1.29, 1.82) is 0 Å². The summed E-state index contributed by atoms with van der Waals surface area (Å²) in [5.74, 6) is 0. The molecule has 1 aromatic heterocycles. The molecule has 2 aromatic rings. The van der Waals surface area contributed by atoms with E-state index in [0.29, 0.717) is 0 Å². The number of thiophene rings is 1. The highest BCUT2D eigenvalue weighted by Gasteiger charge is 2.14. The molecule has 80 valence electrons. The number of aryl methyl sites for hydroxylation is 1. The maximum Gasteiger partial charge on any atom is 0.0348 e. The third-order valence-electron chi connectivity index (χ3n) is 2.79. The van der Waals surface area contributed by atoms with Crippen LogP contribution in [0.4, 0.5) is 0 Å². The van der Waals surface area contributed by atoms with Gasteiger partial charge in [-0.2, -0.15) is 0 Å². The van der Waals surface area contributed by atoms with Crippen LogP contribution in [0.1, 0.15) is 38.1 Å². The van der Waals surface area contributed by atoms with E-state index in [2.05, 4.69) is 52.0 Å². The topological polar surface area (TPSA) is 0 Å². The molecule has 1 heteroatoms. The van der Waals surface area contributed by atoms with Crippen LogP contribution in [-0.4, -0.2) is 0 Å². The fourth-order valence-electron chi connectivity index (χ4n) is 1.73. The fourth-order valence-corrected chi connectivity index (χ4v) is 2.77. The molecule has 1 aromatic carbocycles. The standard InChI is InChI=1S/C14H18S/c1-5-12-8-10-6-7-11(14(2,3)4)9-13(10)15-12/h6-9H,5H2,1-4H3. The summed E-state index contributed by atoms with van der Waals surface area (Å²) in [5, 5.41) is 1.39. The Kier molecular flexibility index (Phi) is 2.59. The van der Waals surface area contributed by atoms with Gasteiger partial charge in [0.15, 0.2) is 0 Å². The van der Waals surface area contributed by atoms with Gasteiger partial charge in [0.1, 0.15) is 0 Å². The lowest BCUT2D eigenvalue weighted by Crippen LogP contribution is -2.10. The second-order valence-electron chi connectivity index (χ2n) is 5.07. The molecule has 0 spiro atoms. The van der Waals surface area contributed by atoms with Crippen LogP contribution in [0.3, 0.4) is 0 Å². The summed E-state index contributed by atoms with van der Waals surface area (Å²) in [7, 11) is 0. The van der Waals surface area contributed by atoms with Crippen LogP contribution < -0.4 is 0 Å². The number of hydrogen-bond donors (Lipinski definition) is 0. The van der Waals surface area contributed by atoms with Gasteiger partial charge in [-0.25, -0.2) is 0 Å². The van der Waals surface area contributed by atoms with E-state index in [1.54, 1.807) is 0 Å². The largest absolute Gasteiger partial charge is 0.140 e. The molecule has 15 heavy (non-hydrogen) atoms. The van der Waals surface area contributed by atoms with Gasteiger partial charge in [0.25, 0.3) is 0 Å². The lowest BCUT2D eigenvalue weighted by molar-refractivity contribution is 0.591. The van der Waals surface area contributed by atoms with E-state index >= 15 is 0 Å². The molecule has 0 bridgehead atoms. The van der Waals surface area contributed by atoms with Gasteiger partial charge in [-0.1, -0.05) is 39.8 Å². The third-order valence-corrected chi connectivity index (χ3v) is 4.03. The monoisotopic (exact) mass is 218 g/mol. The first-order valence-electron chi connectivity index (χ1n) is 5.53. The van der Waals surface area contributed by atoms with Gasteiger partial charge in [0, 0.05) is 9.58 Å². The predicted octanol–water partition coefficient (Wildman–Crippen LogP) is 4.76. The minimum atomic E-state index is 0.255. The summed E-state index contributed by atoms with van der Waals surface area (Å²) in [6.07, 6.45) is 1.14. The minimum Gasteiger partial charge on any atom is -0.140 e. The zero-order valence-corrected chi connectivity index (χ0v) is 10.7. The molecule has 0 aliphatic heterocycles. The van der Waals surface area contributed by atoms with E-state index < -0.39 is 0 Å². The fraction of sp³-hybridized carbons (Fsp3) is 0.429. The van der Waals surface area contributed by atoms with Crippen molar-refractivity contribution in [3.05, 3.63) is 34.7 Å². The summed E-state index contributed by atoms with van der Waals surface area (Å²) < 4.78 is 1.43. The Bertz CT molecular complexity index is 472. The Morgan fingerprint density at radius 1 is 1.13 bits per heavy atom. The lowest BCUT2D eigenvalue weighted by atomic mass is 9.87. The van der Waals surface area contributed by atoms with Crippen molar-refractivity contribution in [1.82, 2.24) is 0 Å². The first-order chi connectivity index (χ1) is 7.00. The molecule has 2 rings (SSSR count). The van der Waals surface area contributed by atoms with Gasteiger partial charge < -0.3 is 0 Å². The predicted molar refractivity (Wildman–Crippen MR) is 69.9 cm³/mol. The zero-order valence-electron chi connectivity index (χ0n) is 9.92. The van der Waals surface area contributed by atoms with Gasteiger partial charge in [-0.15, -0.1) is 11.3 Å². The van der Waals surface area contributed by atoms with E-state index in [1.165, 1.54) is 20.5 Å². The van der Waals surface area contributed by atoms with Gasteiger partial charge in [0.05, 0.1) is 0 Å². The second-order valence-corrected chi connectivity index (χ2v) is 6.24. The molecule has 0 fully saturated rings. The van der Waals surface area contributed by atoms with E-state index in [1.807, 2.05) is 11.3 Å². The first-order valence-corrected chi connectivity index (χ1v) is 6.35. The lowest BCUT2D eigenvalue weighted by Gasteiger charge is -2.18. The van der Waals surface area contributed by atoms with Gasteiger partial charge >= 0.3 is 0 Å². The van der Waals surface area contributed by atoms with Crippen molar-refractivity contribution in [2.75, 3.05) is 0 Å². The molecule has 0 unspecified atom stereocenters. The molecular weight excluding hydrogens is 200 g/mol. The van der Waals surface area contributed by atoms with Crippen LogP contribution in [0.2, 0.25) is 0 Å². The van der Waals surface area contributed by atoms with Gasteiger partial charge in [0.2, 0.25) is 0 Å². The molecule has 0 amide bonds. The van der Waals surface area contributed by atoms with Crippen molar-refractivity contribution in [2.24, 2.45) is 0 Å². The molecule has 0 aliphatic rings. The van der Waals surface area contributed by atoms with E-state index in [9.17, 15) is 0 Å². The normalized spacial score (nSPS) is 12.3. The van der Waals surface area contributed by atoms with Gasteiger partial charge in [-0.3, -0.25) is 0 Å². The quantitative estimate of drug-likeness (QED) is 0.647. The summed E-state index contributed by atoms with van der Waals surface area (Å²) in [4.78, 5) is 1.48. The average Bonchev–Trinajstić information content (AvgIpc) is 2.57. The molecule has 0 atom stereocenters. The van der Waals surface area contributed by atoms with Gasteiger partial charge in [-0.05, 0) is 34.9 Å². The average molecular weight is 218 g/mol. The minimum absolute atomic E-state index is 0.255. The molecule has 0 nitrogen and oxygen atoms in total. The Morgan fingerprint density at radius 2 is 1.87 bits per heavy atom. The maximum atomic E-state index is 2.35. The van der Waals surface area contributed by atoms with E-state index in [4.69, 9.17) is 0 Å². The number of hydrogen-bond acceptors (Lipinski definition) is 1. The summed E-state index contributed by atoms with van der Waals surface area (Å²) in [6, 6.07) is 9.17. The van der Waals surface area contributed by atoms with Crippen LogP contribution in [0, 0.1) is 0 Å². The Balaban J connectivity index is 2.55. The molecule has 0 radical (unpaired) electrons. The molecule has 0 saturated heterocycles. The van der Waals surface area contributed by atoms with Crippen molar-refractivity contribution < 1.29 is 0 Å². The third kappa shape index (κ3) is 2.07. The van der Waals surface area contributed by atoms with E-state index in [0.717, 1.165) is 6.42 Å². The molecular formula is C14H18S. The summed E-state index contributed by atoms with van der Waals surface area (Å²) in [5.41, 5.74) is 1.68. The van der Waals surface area contributed by atoms with Crippen molar-refractivity contribution >= 4 is 21.4 Å².